The van der Waals surface area contributed by atoms with Crippen molar-refractivity contribution in [1.29, 1.82) is 0 Å². The molecule has 0 radical (unpaired) electrons. The molecular formula is C25H25N3O2S. The van der Waals surface area contributed by atoms with E-state index in [4.69, 9.17) is 0 Å². The van der Waals surface area contributed by atoms with Crippen molar-refractivity contribution < 1.29 is 8.42 Å². The summed E-state index contributed by atoms with van der Waals surface area (Å²) in [5, 5.41) is 1.04. The molecule has 0 bridgehead atoms. The Morgan fingerprint density at radius 1 is 0.968 bits per heavy atom. The van der Waals surface area contributed by atoms with E-state index in [0.29, 0.717) is 9.79 Å². The molecule has 5 nitrogen and oxygen atoms in total. The highest BCUT2D eigenvalue weighted by molar-refractivity contribution is 7.91. The first kappa shape index (κ1) is 20.0. The summed E-state index contributed by atoms with van der Waals surface area (Å²) in [4.78, 5) is 7.44. The van der Waals surface area contributed by atoms with Crippen LogP contribution < -0.4 is 0 Å². The molecule has 0 N–H and O–H groups in total. The number of fused-ring (bicyclic) bond motifs is 3. The van der Waals surface area contributed by atoms with E-state index in [1.165, 1.54) is 11.3 Å². The predicted molar refractivity (Wildman–Crippen MR) is 122 cm³/mol. The molecule has 0 spiro atoms. The molecule has 0 aliphatic carbocycles. The first-order valence-electron chi connectivity index (χ1n) is 10.6. The maximum atomic E-state index is 13.2. The second kappa shape index (κ2) is 7.94. The van der Waals surface area contributed by atoms with E-state index in [1.54, 1.807) is 30.3 Å². The van der Waals surface area contributed by atoms with Crippen LogP contribution in [-0.2, 0) is 35.8 Å². The zero-order valence-corrected chi connectivity index (χ0v) is 18.3. The summed E-state index contributed by atoms with van der Waals surface area (Å²) in [6, 6.07) is 20.2. The Labute approximate surface area is 182 Å². The summed E-state index contributed by atoms with van der Waals surface area (Å²) in [6.07, 6.45) is 3.63. The Kier molecular flexibility index (Phi) is 5.12. The fraction of sp³-hybridized carbons (Fsp3) is 0.240. The normalized spacial score (nSPS) is 14.6. The van der Waals surface area contributed by atoms with Crippen LogP contribution in [0.5, 0.6) is 0 Å². The van der Waals surface area contributed by atoms with Gasteiger partial charge in [0.05, 0.1) is 9.79 Å². The third-order valence-electron chi connectivity index (χ3n) is 6.10. The third kappa shape index (κ3) is 3.66. The molecule has 0 saturated carbocycles. The molecule has 3 heterocycles. The van der Waals surface area contributed by atoms with Crippen molar-refractivity contribution in [2.45, 2.75) is 35.7 Å². The number of rotatable bonds is 5. The van der Waals surface area contributed by atoms with Gasteiger partial charge >= 0.3 is 0 Å². The molecule has 5 rings (SSSR count). The molecular weight excluding hydrogens is 406 g/mol. The van der Waals surface area contributed by atoms with Gasteiger partial charge in [-0.2, -0.15) is 0 Å². The molecule has 0 fully saturated rings. The molecule has 31 heavy (non-hydrogen) atoms. The Balaban J connectivity index is 1.61. The second-order valence-electron chi connectivity index (χ2n) is 8.13. The van der Waals surface area contributed by atoms with Crippen molar-refractivity contribution in [1.82, 2.24) is 14.5 Å². The Morgan fingerprint density at radius 2 is 1.77 bits per heavy atom. The summed E-state index contributed by atoms with van der Waals surface area (Å²) in [7, 11) is -1.43. The number of aryl methyl sites for hydroxylation is 2. The van der Waals surface area contributed by atoms with Crippen LogP contribution >= 0.6 is 0 Å². The molecule has 1 aliphatic heterocycles. The summed E-state index contributed by atoms with van der Waals surface area (Å²) in [6.45, 7) is 2.66. The molecule has 2 aromatic carbocycles. The number of sulfone groups is 1. The van der Waals surface area contributed by atoms with Gasteiger partial charge < -0.3 is 9.47 Å². The first-order valence-corrected chi connectivity index (χ1v) is 12.0. The number of hydrogen-bond donors (Lipinski definition) is 0. The number of benzene rings is 2. The van der Waals surface area contributed by atoms with E-state index in [0.717, 1.165) is 49.1 Å². The molecule has 0 unspecified atom stereocenters. The lowest BCUT2D eigenvalue weighted by molar-refractivity contribution is 0.309. The van der Waals surface area contributed by atoms with E-state index in [-0.39, 0.29) is 0 Å². The summed E-state index contributed by atoms with van der Waals surface area (Å²) < 4.78 is 28.8. The smallest absolute Gasteiger partial charge is 0.206 e. The first-order chi connectivity index (χ1) is 15.0. The lowest BCUT2D eigenvalue weighted by Crippen LogP contribution is -2.27. The average Bonchev–Trinajstić information content (AvgIpc) is 3.11. The van der Waals surface area contributed by atoms with Gasteiger partial charge in [0, 0.05) is 61.0 Å². The van der Waals surface area contributed by atoms with Crippen molar-refractivity contribution in [3.05, 3.63) is 89.9 Å². The molecule has 0 amide bonds. The molecule has 0 saturated heterocycles. The van der Waals surface area contributed by atoms with Crippen LogP contribution in [0.3, 0.4) is 0 Å². The van der Waals surface area contributed by atoms with Gasteiger partial charge in [0.1, 0.15) is 0 Å². The van der Waals surface area contributed by atoms with Gasteiger partial charge in [0.15, 0.2) is 0 Å². The Bertz CT molecular complexity index is 1330. The topological polar surface area (TPSA) is 55.2 Å². The predicted octanol–water partition coefficient (Wildman–Crippen LogP) is 4.10. The van der Waals surface area contributed by atoms with E-state index >= 15 is 0 Å². The molecule has 6 heteroatoms. The SMILES string of the molecule is CN1CCc2c(c3cc(S(=O)(=O)c4ccccc4)ccc3n2CCc2ccccn2)C1. The molecule has 2 aromatic heterocycles. The minimum Gasteiger partial charge on any atom is -0.344 e. The third-order valence-corrected chi connectivity index (χ3v) is 7.87. The number of nitrogens with zero attached hydrogens (tertiary/aromatic N) is 3. The summed E-state index contributed by atoms with van der Waals surface area (Å²) in [5.74, 6) is 0. The average molecular weight is 432 g/mol. The monoisotopic (exact) mass is 431 g/mol. The minimum absolute atomic E-state index is 0.329. The van der Waals surface area contributed by atoms with Crippen LogP contribution in [-0.4, -0.2) is 36.5 Å². The van der Waals surface area contributed by atoms with Gasteiger partial charge in [-0.25, -0.2) is 8.42 Å². The maximum Gasteiger partial charge on any atom is 0.206 e. The Hall–Kier alpha value is -2.96. The van der Waals surface area contributed by atoms with Gasteiger partial charge in [0.25, 0.3) is 0 Å². The van der Waals surface area contributed by atoms with Crippen molar-refractivity contribution in [2.24, 2.45) is 0 Å². The molecule has 0 atom stereocenters. The fourth-order valence-corrected chi connectivity index (χ4v) is 5.80. The molecule has 158 valence electrons. The van der Waals surface area contributed by atoms with Crippen LogP contribution in [0.15, 0.2) is 82.7 Å². The largest absolute Gasteiger partial charge is 0.344 e. The maximum absolute atomic E-state index is 13.2. The van der Waals surface area contributed by atoms with Crippen LogP contribution in [0.25, 0.3) is 10.9 Å². The standard InChI is InChI=1S/C25H25N3O2S/c1-27-15-13-25-23(18-27)22-17-21(31(29,30)20-8-3-2-4-9-20)10-11-24(22)28(25)16-12-19-7-5-6-14-26-19/h2-11,14,17H,12-13,15-16,18H2,1H3. The summed E-state index contributed by atoms with van der Waals surface area (Å²) in [5.41, 5.74) is 4.73. The highest BCUT2D eigenvalue weighted by Gasteiger charge is 2.25. The molecule has 1 aliphatic rings. The van der Waals surface area contributed by atoms with Gasteiger partial charge in [-0.1, -0.05) is 24.3 Å². The second-order valence-corrected chi connectivity index (χ2v) is 10.1. The van der Waals surface area contributed by atoms with E-state index < -0.39 is 9.84 Å². The number of hydrogen-bond acceptors (Lipinski definition) is 4. The van der Waals surface area contributed by atoms with E-state index in [2.05, 4.69) is 27.6 Å². The van der Waals surface area contributed by atoms with Gasteiger partial charge in [0.2, 0.25) is 9.84 Å². The lowest BCUT2D eigenvalue weighted by Gasteiger charge is -2.24. The van der Waals surface area contributed by atoms with Crippen LogP contribution in [0.1, 0.15) is 17.0 Å². The van der Waals surface area contributed by atoms with Crippen molar-refractivity contribution >= 4 is 20.7 Å². The van der Waals surface area contributed by atoms with E-state index in [1.807, 2.05) is 36.5 Å². The van der Waals surface area contributed by atoms with Gasteiger partial charge in [-0.15, -0.1) is 0 Å². The van der Waals surface area contributed by atoms with Gasteiger partial charge in [-0.05, 0) is 55.1 Å². The van der Waals surface area contributed by atoms with Crippen molar-refractivity contribution in [3.63, 3.8) is 0 Å². The van der Waals surface area contributed by atoms with Gasteiger partial charge in [-0.3, -0.25) is 4.98 Å². The lowest BCUT2D eigenvalue weighted by atomic mass is 10.1. The summed E-state index contributed by atoms with van der Waals surface area (Å²) >= 11 is 0. The number of likely N-dealkylation sites (N-methyl/N-ethyl adjacent to an activating group) is 1. The van der Waals surface area contributed by atoms with Crippen molar-refractivity contribution in [3.8, 4) is 0 Å². The van der Waals surface area contributed by atoms with Crippen LogP contribution in [0.4, 0.5) is 0 Å². The minimum atomic E-state index is -3.55. The number of aromatic nitrogens is 2. The fourth-order valence-electron chi connectivity index (χ4n) is 4.49. The van der Waals surface area contributed by atoms with E-state index in [9.17, 15) is 8.42 Å². The highest BCUT2D eigenvalue weighted by atomic mass is 32.2. The zero-order chi connectivity index (χ0) is 21.4. The highest BCUT2D eigenvalue weighted by Crippen LogP contribution is 2.33. The quantitative estimate of drug-likeness (QED) is 0.477. The number of pyridine rings is 1. The van der Waals surface area contributed by atoms with Crippen molar-refractivity contribution in [2.75, 3.05) is 13.6 Å². The molecule has 4 aromatic rings. The Morgan fingerprint density at radius 3 is 2.55 bits per heavy atom. The zero-order valence-electron chi connectivity index (χ0n) is 17.5. The van der Waals surface area contributed by atoms with Crippen LogP contribution in [0.2, 0.25) is 0 Å². The van der Waals surface area contributed by atoms with Crippen LogP contribution in [0, 0.1) is 0 Å².